The minimum atomic E-state index is -1.10. The summed E-state index contributed by atoms with van der Waals surface area (Å²) in [6, 6.07) is 1.50. The van der Waals surface area contributed by atoms with Crippen molar-refractivity contribution in [2.45, 2.75) is 0 Å². The molecule has 0 saturated carbocycles. The molecule has 3 N–H and O–H groups in total. The number of hydrogen-bond acceptors (Lipinski definition) is 4. The fraction of sp³-hybridized carbons (Fsp3) is 0. The van der Waals surface area contributed by atoms with Crippen LogP contribution in [0.3, 0.4) is 0 Å². The summed E-state index contributed by atoms with van der Waals surface area (Å²) >= 11 is 0. The number of nitrogens with one attached hydrogen (secondary N) is 2. The number of imidazole rings is 1. The standard InChI is InChI=1S/C12H10N4O3/c17-10(18)2-1-8-7-13-4-3-9(8)11(19)16-12-14-5-6-15-12/h1-7H,(H,17,18)(H2,14,15,16,19). The van der Waals surface area contributed by atoms with E-state index in [0.29, 0.717) is 17.1 Å². The lowest BCUT2D eigenvalue weighted by Gasteiger charge is -2.04. The molecular formula is C12H10N4O3. The van der Waals surface area contributed by atoms with Gasteiger partial charge >= 0.3 is 5.97 Å². The van der Waals surface area contributed by atoms with E-state index in [1.54, 1.807) is 6.20 Å². The topological polar surface area (TPSA) is 108 Å². The maximum Gasteiger partial charge on any atom is 0.328 e. The second-order valence-electron chi connectivity index (χ2n) is 3.53. The van der Waals surface area contributed by atoms with Gasteiger partial charge in [-0.1, -0.05) is 0 Å². The third kappa shape index (κ3) is 3.25. The van der Waals surface area contributed by atoms with Crippen LogP contribution in [-0.4, -0.2) is 31.9 Å². The first-order chi connectivity index (χ1) is 9.16. The number of amides is 1. The van der Waals surface area contributed by atoms with E-state index >= 15 is 0 Å². The molecule has 1 amide bonds. The minimum absolute atomic E-state index is 0.309. The molecule has 0 fully saturated rings. The zero-order valence-corrected chi connectivity index (χ0v) is 9.70. The molecule has 0 unspecified atom stereocenters. The van der Waals surface area contributed by atoms with Crippen LogP contribution in [0.15, 0.2) is 36.9 Å². The average molecular weight is 258 g/mol. The minimum Gasteiger partial charge on any atom is -0.478 e. The van der Waals surface area contributed by atoms with Crippen molar-refractivity contribution in [3.63, 3.8) is 0 Å². The first kappa shape index (κ1) is 12.5. The van der Waals surface area contributed by atoms with Crippen LogP contribution < -0.4 is 5.32 Å². The molecule has 96 valence electrons. The number of hydrogen-bond donors (Lipinski definition) is 3. The predicted molar refractivity (Wildman–Crippen MR) is 67.4 cm³/mol. The molecule has 0 saturated heterocycles. The van der Waals surface area contributed by atoms with Gasteiger partial charge in [0.25, 0.3) is 5.91 Å². The molecule has 0 spiro atoms. The Labute approximate surface area is 108 Å². The smallest absolute Gasteiger partial charge is 0.328 e. The second-order valence-corrected chi connectivity index (χ2v) is 3.53. The second kappa shape index (κ2) is 5.58. The Morgan fingerprint density at radius 2 is 2.21 bits per heavy atom. The van der Waals surface area contributed by atoms with Gasteiger partial charge in [-0.2, -0.15) is 0 Å². The molecule has 7 nitrogen and oxygen atoms in total. The Kier molecular flexibility index (Phi) is 3.67. The highest BCUT2D eigenvalue weighted by Gasteiger charge is 2.11. The third-order valence-corrected chi connectivity index (χ3v) is 2.23. The van der Waals surface area contributed by atoms with Crippen molar-refractivity contribution in [1.29, 1.82) is 0 Å². The van der Waals surface area contributed by atoms with E-state index in [9.17, 15) is 9.59 Å². The van der Waals surface area contributed by atoms with Crippen molar-refractivity contribution < 1.29 is 14.7 Å². The zero-order chi connectivity index (χ0) is 13.7. The van der Waals surface area contributed by atoms with Crippen molar-refractivity contribution in [2.75, 3.05) is 5.32 Å². The molecule has 0 aliphatic rings. The Balaban J connectivity index is 2.24. The Morgan fingerprint density at radius 3 is 2.89 bits per heavy atom. The number of nitrogens with zero attached hydrogens (tertiary/aromatic N) is 2. The largest absolute Gasteiger partial charge is 0.478 e. The van der Waals surface area contributed by atoms with Crippen molar-refractivity contribution in [1.82, 2.24) is 15.0 Å². The number of H-pyrrole nitrogens is 1. The summed E-state index contributed by atoms with van der Waals surface area (Å²) in [5, 5.41) is 11.1. The van der Waals surface area contributed by atoms with Gasteiger partial charge in [0.15, 0.2) is 0 Å². The van der Waals surface area contributed by atoms with Crippen LogP contribution in [0.1, 0.15) is 15.9 Å². The maximum atomic E-state index is 12.0. The summed E-state index contributed by atoms with van der Waals surface area (Å²) in [4.78, 5) is 32.9. The van der Waals surface area contributed by atoms with Crippen molar-refractivity contribution in [3.8, 4) is 0 Å². The lowest BCUT2D eigenvalue weighted by atomic mass is 10.1. The maximum absolute atomic E-state index is 12.0. The molecule has 19 heavy (non-hydrogen) atoms. The van der Waals surface area contributed by atoms with Crippen molar-refractivity contribution in [2.24, 2.45) is 0 Å². The van der Waals surface area contributed by atoms with E-state index in [4.69, 9.17) is 5.11 Å². The summed E-state index contributed by atoms with van der Waals surface area (Å²) < 4.78 is 0. The number of rotatable bonds is 4. The Morgan fingerprint density at radius 1 is 1.37 bits per heavy atom. The van der Waals surface area contributed by atoms with Gasteiger partial charge in [-0.25, -0.2) is 9.78 Å². The van der Waals surface area contributed by atoms with E-state index < -0.39 is 11.9 Å². The average Bonchev–Trinajstić information content (AvgIpc) is 2.89. The van der Waals surface area contributed by atoms with E-state index in [0.717, 1.165) is 6.08 Å². The van der Waals surface area contributed by atoms with Gasteiger partial charge < -0.3 is 10.1 Å². The predicted octanol–water partition coefficient (Wildman–Crippen LogP) is 1.15. The number of carbonyl (C=O) groups is 2. The van der Waals surface area contributed by atoms with Gasteiger partial charge in [0.2, 0.25) is 5.95 Å². The number of aromatic amines is 1. The summed E-state index contributed by atoms with van der Waals surface area (Å²) in [5.74, 6) is -1.18. The molecular weight excluding hydrogens is 248 g/mol. The summed E-state index contributed by atoms with van der Waals surface area (Å²) in [7, 11) is 0. The molecule has 2 aromatic heterocycles. The van der Waals surface area contributed by atoms with Gasteiger partial charge in [0.05, 0.1) is 5.56 Å². The SMILES string of the molecule is O=C(O)C=Cc1cnccc1C(=O)Nc1ncc[nH]1. The van der Waals surface area contributed by atoms with Gasteiger partial charge in [0.1, 0.15) is 0 Å². The van der Waals surface area contributed by atoms with Crippen LogP contribution in [0.25, 0.3) is 6.08 Å². The lowest BCUT2D eigenvalue weighted by Crippen LogP contribution is -2.14. The first-order valence-corrected chi connectivity index (χ1v) is 5.32. The first-order valence-electron chi connectivity index (χ1n) is 5.32. The summed E-state index contributed by atoms with van der Waals surface area (Å²) in [5.41, 5.74) is 0.720. The van der Waals surface area contributed by atoms with Crippen LogP contribution in [0.5, 0.6) is 0 Å². The Bertz CT molecular complexity index is 620. The number of carboxylic acid groups (broad SMARTS) is 1. The fourth-order valence-corrected chi connectivity index (χ4v) is 1.42. The van der Waals surface area contributed by atoms with E-state index in [1.165, 1.54) is 30.7 Å². The number of pyridine rings is 1. The van der Waals surface area contributed by atoms with E-state index in [1.807, 2.05) is 0 Å². The molecule has 0 radical (unpaired) electrons. The van der Waals surface area contributed by atoms with E-state index in [-0.39, 0.29) is 0 Å². The number of aromatic nitrogens is 3. The monoisotopic (exact) mass is 258 g/mol. The number of aliphatic carboxylic acids is 1. The molecule has 2 heterocycles. The fourth-order valence-electron chi connectivity index (χ4n) is 1.42. The van der Waals surface area contributed by atoms with Crippen LogP contribution >= 0.6 is 0 Å². The molecule has 2 rings (SSSR count). The van der Waals surface area contributed by atoms with Crippen LogP contribution in [0, 0.1) is 0 Å². The van der Waals surface area contributed by atoms with Crippen LogP contribution in [0.2, 0.25) is 0 Å². The molecule has 0 atom stereocenters. The van der Waals surface area contributed by atoms with Crippen molar-refractivity contribution >= 4 is 23.9 Å². The van der Waals surface area contributed by atoms with Gasteiger partial charge in [-0.3, -0.25) is 15.1 Å². The quantitative estimate of drug-likeness (QED) is 0.713. The number of carbonyl (C=O) groups excluding carboxylic acids is 1. The normalized spacial score (nSPS) is 10.5. The zero-order valence-electron chi connectivity index (χ0n) is 9.70. The number of carboxylic acids is 1. The highest BCUT2D eigenvalue weighted by molar-refractivity contribution is 6.06. The highest BCUT2D eigenvalue weighted by Crippen LogP contribution is 2.11. The van der Waals surface area contributed by atoms with Gasteiger partial charge in [-0.05, 0) is 12.1 Å². The molecule has 0 bridgehead atoms. The molecule has 0 aliphatic heterocycles. The van der Waals surface area contributed by atoms with E-state index in [2.05, 4.69) is 20.3 Å². The molecule has 7 heteroatoms. The Hall–Kier alpha value is -2.96. The molecule has 2 aromatic rings. The van der Waals surface area contributed by atoms with Gasteiger partial charge in [-0.15, -0.1) is 0 Å². The molecule has 0 aliphatic carbocycles. The number of anilines is 1. The lowest BCUT2D eigenvalue weighted by molar-refractivity contribution is -0.131. The summed E-state index contributed by atoms with van der Waals surface area (Å²) in [6.07, 6.45) is 8.21. The van der Waals surface area contributed by atoms with Crippen molar-refractivity contribution in [3.05, 3.63) is 48.1 Å². The third-order valence-electron chi connectivity index (χ3n) is 2.23. The van der Waals surface area contributed by atoms with Crippen LogP contribution in [-0.2, 0) is 4.79 Å². The van der Waals surface area contributed by atoms with Crippen LogP contribution in [0.4, 0.5) is 5.95 Å². The molecule has 0 aromatic carbocycles. The van der Waals surface area contributed by atoms with Gasteiger partial charge in [0, 0.05) is 36.4 Å². The highest BCUT2D eigenvalue weighted by atomic mass is 16.4. The summed E-state index contributed by atoms with van der Waals surface area (Å²) in [6.45, 7) is 0.